The minimum atomic E-state index is -0.593. The first kappa shape index (κ1) is 12.9. The van der Waals surface area contributed by atoms with Gasteiger partial charge < -0.3 is 0 Å². The van der Waals surface area contributed by atoms with Crippen LogP contribution in [0.15, 0.2) is 46.9 Å². The largest absolute Gasteiger partial charge is 0.207 e. The summed E-state index contributed by atoms with van der Waals surface area (Å²) in [4.78, 5) is -0.593. The monoisotopic (exact) mass is 332 g/mol. The smallest absolute Gasteiger partial charge is 0.133 e. The van der Waals surface area contributed by atoms with Crippen molar-refractivity contribution in [3.8, 4) is 11.1 Å². The van der Waals surface area contributed by atoms with E-state index in [0.29, 0.717) is 0 Å². The van der Waals surface area contributed by atoms with Gasteiger partial charge in [0.1, 0.15) is 10.7 Å². The Morgan fingerprint density at radius 3 is 2.24 bits per heavy atom. The lowest BCUT2D eigenvalue weighted by molar-refractivity contribution is 0.628. The molecule has 0 spiro atoms. The quantitative estimate of drug-likeness (QED) is 0.615. The van der Waals surface area contributed by atoms with Gasteiger partial charge in [0.05, 0.1) is 0 Å². The molecule has 0 atom stereocenters. The van der Waals surface area contributed by atoms with Crippen LogP contribution >= 0.6 is 39.1 Å². The van der Waals surface area contributed by atoms with E-state index in [4.69, 9.17) is 23.2 Å². The molecule has 0 N–H and O–H groups in total. The molecular formula is C13H8BrCl2F. The van der Waals surface area contributed by atoms with Gasteiger partial charge in [0, 0.05) is 4.47 Å². The van der Waals surface area contributed by atoms with Crippen LogP contribution in [0.2, 0.25) is 0 Å². The van der Waals surface area contributed by atoms with Crippen LogP contribution in [-0.4, -0.2) is 0 Å². The maximum Gasteiger partial charge on any atom is 0.133 e. The van der Waals surface area contributed by atoms with Gasteiger partial charge in [0.15, 0.2) is 0 Å². The van der Waals surface area contributed by atoms with Gasteiger partial charge in [0.25, 0.3) is 0 Å². The van der Waals surface area contributed by atoms with Crippen LogP contribution in [0.3, 0.4) is 0 Å². The molecule has 0 aliphatic carbocycles. The summed E-state index contributed by atoms with van der Waals surface area (Å²) in [5, 5.41) is 0. The van der Waals surface area contributed by atoms with Crippen molar-refractivity contribution in [3.05, 3.63) is 58.3 Å². The second kappa shape index (κ2) is 5.38. The topological polar surface area (TPSA) is 0 Å². The third kappa shape index (κ3) is 2.82. The van der Waals surface area contributed by atoms with Crippen LogP contribution in [0.25, 0.3) is 11.1 Å². The lowest BCUT2D eigenvalue weighted by atomic mass is 10.0. The number of alkyl halides is 2. The molecule has 0 bridgehead atoms. The van der Waals surface area contributed by atoms with E-state index in [2.05, 4.69) is 15.9 Å². The van der Waals surface area contributed by atoms with E-state index < -0.39 is 4.84 Å². The zero-order valence-electron chi connectivity index (χ0n) is 8.63. The standard InChI is InChI=1S/C13H8BrCl2F/c14-12-10(2-1-3-11(12)13(15)16)8-4-6-9(17)7-5-8/h1-7,13H. The average molecular weight is 334 g/mol. The van der Waals surface area contributed by atoms with Crippen molar-refractivity contribution in [1.29, 1.82) is 0 Å². The molecule has 88 valence electrons. The maximum atomic E-state index is 12.9. The summed E-state index contributed by atoms with van der Waals surface area (Å²) in [6.45, 7) is 0. The van der Waals surface area contributed by atoms with E-state index in [1.165, 1.54) is 12.1 Å². The fourth-order valence-corrected chi connectivity index (χ4v) is 2.92. The second-order valence-corrected chi connectivity index (χ2v) is 5.41. The minimum Gasteiger partial charge on any atom is -0.207 e. The van der Waals surface area contributed by atoms with E-state index in [1.54, 1.807) is 12.1 Å². The van der Waals surface area contributed by atoms with Crippen LogP contribution in [0.1, 0.15) is 10.4 Å². The van der Waals surface area contributed by atoms with Gasteiger partial charge >= 0.3 is 0 Å². The van der Waals surface area contributed by atoms with Gasteiger partial charge in [0.2, 0.25) is 0 Å². The Hall–Kier alpha value is -0.570. The molecule has 0 aromatic heterocycles. The van der Waals surface area contributed by atoms with Gasteiger partial charge in [-0.15, -0.1) is 23.2 Å². The van der Waals surface area contributed by atoms with Crippen molar-refractivity contribution < 1.29 is 4.39 Å². The first-order chi connectivity index (χ1) is 8.09. The molecule has 0 saturated heterocycles. The predicted molar refractivity (Wildman–Crippen MR) is 74.0 cm³/mol. The Morgan fingerprint density at radius 2 is 1.65 bits per heavy atom. The molecule has 0 unspecified atom stereocenters. The number of rotatable bonds is 2. The molecule has 0 saturated carbocycles. The summed E-state index contributed by atoms with van der Waals surface area (Å²) in [6, 6.07) is 11.9. The third-order valence-electron chi connectivity index (χ3n) is 2.42. The van der Waals surface area contributed by atoms with Gasteiger partial charge in [-0.2, -0.15) is 0 Å². The summed E-state index contributed by atoms with van der Waals surface area (Å²) < 4.78 is 13.7. The lowest BCUT2D eigenvalue weighted by Crippen LogP contribution is -1.88. The molecule has 17 heavy (non-hydrogen) atoms. The normalized spacial score (nSPS) is 10.9. The molecule has 0 heterocycles. The minimum absolute atomic E-state index is 0.256. The van der Waals surface area contributed by atoms with Crippen molar-refractivity contribution in [3.63, 3.8) is 0 Å². The van der Waals surface area contributed by atoms with E-state index in [0.717, 1.165) is 21.2 Å². The lowest BCUT2D eigenvalue weighted by Gasteiger charge is -2.10. The molecule has 2 aromatic carbocycles. The van der Waals surface area contributed by atoms with Crippen LogP contribution in [-0.2, 0) is 0 Å². The van der Waals surface area contributed by atoms with Crippen LogP contribution in [0.5, 0.6) is 0 Å². The molecule has 0 aliphatic heterocycles. The van der Waals surface area contributed by atoms with Gasteiger partial charge in [-0.25, -0.2) is 4.39 Å². The average Bonchev–Trinajstić information content (AvgIpc) is 2.30. The highest BCUT2D eigenvalue weighted by Crippen LogP contribution is 2.37. The molecule has 0 nitrogen and oxygen atoms in total. The fraction of sp³-hybridized carbons (Fsp3) is 0.0769. The molecular weight excluding hydrogens is 326 g/mol. The number of hydrogen-bond acceptors (Lipinski definition) is 0. The Bertz CT molecular complexity index is 523. The highest BCUT2D eigenvalue weighted by Gasteiger charge is 2.12. The molecule has 2 aromatic rings. The molecule has 0 fully saturated rings. The zero-order valence-corrected chi connectivity index (χ0v) is 11.7. The highest BCUT2D eigenvalue weighted by molar-refractivity contribution is 9.10. The zero-order chi connectivity index (χ0) is 12.4. The van der Waals surface area contributed by atoms with Gasteiger partial charge in [-0.3, -0.25) is 0 Å². The number of halogens is 4. The molecule has 0 amide bonds. The van der Waals surface area contributed by atoms with Crippen LogP contribution < -0.4 is 0 Å². The third-order valence-corrected chi connectivity index (χ3v) is 3.77. The van der Waals surface area contributed by atoms with E-state index in [9.17, 15) is 4.39 Å². The SMILES string of the molecule is Fc1ccc(-c2cccc(C(Cl)Cl)c2Br)cc1. The summed E-state index contributed by atoms with van der Waals surface area (Å²) in [5.41, 5.74) is 2.65. The van der Waals surface area contributed by atoms with Crippen molar-refractivity contribution in [2.75, 3.05) is 0 Å². The maximum absolute atomic E-state index is 12.9. The molecule has 0 aliphatic rings. The van der Waals surface area contributed by atoms with Crippen molar-refractivity contribution in [2.45, 2.75) is 4.84 Å². The first-order valence-corrected chi connectivity index (χ1v) is 6.58. The summed E-state index contributed by atoms with van der Waals surface area (Å²) in [7, 11) is 0. The van der Waals surface area contributed by atoms with Crippen molar-refractivity contribution >= 4 is 39.1 Å². The Morgan fingerprint density at radius 1 is 1.00 bits per heavy atom. The fourth-order valence-electron chi connectivity index (χ4n) is 1.57. The Balaban J connectivity index is 2.52. The Kier molecular flexibility index (Phi) is 4.08. The Labute approximate surface area is 117 Å². The summed E-state index contributed by atoms with van der Waals surface area (Å²) >= 11 is 15.2. The van der Waals surface area contributed by atoms with E-state index >= 15 is 0 Å². The molecule has 0 radical (unpaired) electrons. The first-order valence-electron chi connectivity index (χ1n) is 4.92. The molecule has 4 heteroatoms. The van der Waals surface area contributed by atoms with Gasteiger partial charge in [-0.05, 0) is 44.8 Å². The van der Waals surface area contributed by atoms with Crippen molar-refractivity contribution in [2.24, 2.45) is 0 Å². The van der Waals surface area contributed by atoms with Crippen LogP contribution in [0.4, 0.5) is 4.39 Å². The highest BCUT2D eigenvalue weighted by atomic mass is 79.9. The van der Waals surface area contributed by atoms with Crippen molar-refractivity contribution in [1.82, 2.24) is 0 Å². The summed E-state index contributed by atoms with van der Waals surface area (Å²) in [5.74, 6) is -0.256. The second-order valence-electron chi connectivity index (χ2n) is 3.52. The van der Waals surface area contributed by atoms with Crippen LogP contribution in [0, 0.1) is 5.82 Å². The number of hydrogen-bond donors (Lipinski definition) is 0. The van der Waals surface area contributed by atoms with E-state index in [-0.39, 0.29) is 5.82 Å². The van der Waals surface area contributed by atoms with Gasteiger partial charge in [-0.1, -0.05) is 30.3 Å². The number of benzene rings is 2. The summed E-state index contributed by atoms with van der Waals surface area (Å²) in [6.07, 6.45) is 0. The van der Waals surface area contributed by atoms with E-state index in [1.807, 2.05) is 18.2 Å². The predicted octanol–water partition coefficient (Wildman–Crippen LogP) is 5.73. The molecule has 2 rings (SSSR count).